The molecule has 13 heavy (non-hydrogen) atoms. The van der Waals surface area contributed by atoms with E-state index in [2.05, 4.69) is 0 Å². The molecule has 1 rings (SSSR count). The maximum absolute atomic E-state index is 13.1. The van der Waals surface area contributed by atoms with E-state index >= 15 is 0 Å². The average molecular weight is 204 g/mol. The number of halogens is 2. The highest BCUT2D eigenvalue weighted by Crippen LogP contribution is 2.29. The fourth-order valence-corrected chi connectivity index (χ4v) is 1.34. The van der Waals surface area contributed by atoms with E-state index in [9.17, 15) is 9.50 Å². The lowest BCUT2D eigenvalue weighted by molar-refractivity contribution is 0.471. The number of benzene rings is 1. The van der Waals surface area contributed by atoms with Crippen LogP contribution in [-0.4, -0.2) is 11.7 Å². The van der Waals surface area contributed by atoms with Crippen molar-refractivity contribution in [1.82, 2.24) is 0 Å². The molecule has 0 spiro atoms. The topological polar surface area (TPSA) is 46.2 Å². The molecule has 0 bridgehead atoms. The van der Waals surface area contributed by atoms with Crippen LogP contribution in [0.2, 0.25) is 5.02 Å². The molecule has 4 heteroatoms. The van der Waals surface area contributed by atoms with Crippen LogP contribution in [0.5, 0.6) is 5.75 Å². The lowest BCUT2D eigenvalue weighted by Crippen LogP contribution is -2.02. The van der Waals surface area contributed by atoms with Gasteiger partial charge in [-0.15, -0.1) is 0 Å². The van der Waals surface area contributed by atoms with Gasteiger partial charge in [-0.1, -0.05) is 11.6 Å². The van der Waals surface area contributed by atoms with Crippen molar-refractivity contribution < 1.29 is 9.50 Å². The molecule has 0 aliphatic heterocycles. The van der Waals surface area contributed by atoms with Crippen LogP contribution >= 0.6 is 11.6 Å². The summed E-state index contributed by atoms with van der Waals surface area (Å²) in [6, 6.07) is 2.44. The molecule has 0 aromatic heterocycles. The van der Waals surface area contributed by atoms with Crippen molar-refractivity contribution in [2.75, 3.05) is 6.54 Å². The van der Waals surface area contributed by atoms with Gasteiger partial charge < -0.3 is 10.8 Å². The minimum absolute atomic E-state index is 0.0879. The maximum atomic E-state index is 13.1. The van der Waals surface area contributed by atoms with Crippen LogP contribution in [0.4, 0.5) is 4.39 Å². The smallest absolute Gasteiger partial charge is 0.134 e. The quantitative estimate of drug-likeness (QED) is 0.790. The minimum atomic E-state index is -0.392. The first-order chi connectivity index (χ1) is 6.16. The first-order valence-corrected chi connectivity index (χ1v) is 4.40. The zero-order valence-electron chi connectivity index (χ0n) is 7.06. The normalized spacial score (nSPS) is 10.4. The third kappa shape index (κ3) is 2.32. The number of aromatic hydroxyl groups is 1. The summed E-state index contributed by atoms with van der Waals surface area (Å²) in [7, 11) is 0. The Kier molecular flexibility index (Phi) is 3.51. The molecule has 1 aromatic rings. The molecule has 0 aliphatic rings. The second-order valence-corrected chi connectivity index (χ2v) is 3.13. The summed E-state index contributed by atoms with van der Waals surface area (Å²) in [6.45, 7) is 0.478. The second-order valence-electron chi connectivity index (χ2n) is 2.75. The van der Waals surface area contributed by atoms with Gasteiger partial charge >= 0.3 is 0 Å². The van der Waals surface area contributed by atoms with Crippen molar-refractivity contribution in [2.45, 2.75) is 12.8 Å². The molecule has 0 saturated heterocycles. The monoisotopic (exact) mass is 203 g/mol. The van der Waals surface area contributed by atoms with Crippen molar-refractivity contribution >= 4 is 11.6 Å². The number of nitrogens with two attached hydrogens (primary N) is 1. The van der Waals surface area contributed by atoms with Crippen molar-refractivity contribution in [2.24, 2.45) is 5.73 Å². The summed E-state index contributed by atoms with van der Waals surface area (Å²) < 4.78 is 13.1. The zero-order valence-corrected chi connectivity index (χ0v) is 7.81. The lowest BCUT2D eigenvalue weighted by Gasteiger charge is -2.06. The van der Waals surface area contributed by atoms with E-state index in [1.165, 1.54) is 12.1 Å². The molecule has 1 aromatic carbocycles. The number of hydrogen-bond acceptors (Lipinski definition) is 2. The predicted molar refractivity (Wildman–Crippen MR) is 50.5 cm³/mol. The molecule has 0 heterocycles. The first kappa shape index (κ1) is 10.3. The Morgan fingerprint density at radius 3 is 2.77 bits per heavy atom. The SMILES string of the molecule is NCCCc1c(F)ccc(O)c1Cl. The molecule has 3 N–H and O–H groups in total. The summed E-state index contributed by atoms with van der Waals surface area (Å²) in [5.74, 6) is -0.480. The fourth-order valence-electron chi connectivity index (χ4n) is 1.09. The summed E-state index contributed by atoms with van der Waals surface area (Å²) in [6.07, 6.45) is 1.11. The molecule has 72 valence electrons. The largest absolute Gasteiger partial charge is 0.506 e. The van der Waals surface area contributed by atoms with E-state index in [4.69, 9.17) is 17.3 Å². The van der Waals surface area contributed by atoms with Crippen LogP contribution in [0.3, 0.4) is 0 Å². The van der Waals surface area contributed by atoms with Crippen molar-refractivity contribution in [1.29, 1.82) is 0 Å². The van der Waals surface area contributed by atoms with Crippen molar-refractivity contribution in [3.63, 3.8) is 0 Å². The zero-order chi connectivity index (χ0) is 9.84. The number of rotatable bonds is 3. The average Bonchev–Trinajstić information content (AvgIpc) is 2.12. The third-order valence-electron chi connectivity index (χ3n) is 1.80. The van der Waals surface area contributed by atoms with E-state index in [0.29, 0.717) is 24.9 Å². The van der Waals surface area contributed by atoms with Gasteiger partial charge in [-0.3, -0.25) is 0 Å². The number of phenolic OH excluding ortho intramolecular Hbond substituents is 1. The van der Waals surface area contributed by atoms with Crippen molar-refractivity contribution in [3.8, 4) is 5.75 Å². The van der Waals surface area contributed by atoms with Crippen LogP contribution in [0.1, 0.15) is 12.0 Å². The third-order valence-corrected chi connectivity index (χ3v) is 2.22. The van der Waals surface area contributed by atoms with Gasteiger partial charge in [0.05, 0.1) is 5.02 Å². The van der Waals surface area contributed by atoms with E-state index in [-0.39, 0.29) is 10.8 Å². The van der Waals surface area contributed by atoms with Crippen LogP contribution in [0.25, 0.3) is 0 Å². The standard InChI is InChI=1S/C9H11ClFNO/c10-9-6(2-1-5-12)7(11)3-4-8(9)13/h3-4,13H,1-2,5,12H2. The Bertz CT molecular complexity index is 304. The molecule has 0 unspecified atom stereocenters. The molecule has 0 amide bonds. The van der Waals surface area contributed by atoms with Crippen LogP contribution in [0, 0.1) is 5.82 Å². The van der Waals surface area contributed by atoms with Gasteiger partial charge in [0.1, 0.15) is 11.6 Å². The predicted octanol–water partition coefficient (Wildman–Crippen LogP) is 2.08. The molecule has 2 nitrogen and oxygen atoms in total. The molecule has 0 atom stereocenters. The van der Waals surface area contributed by atoms with E-state index in [1.807, 2.05) is 0 Å². The van der Waals surface area contributed by atoms with E-state index < -0.39 is 5.82 Å². The van der Waals surface area contributed by atoms with Gasteiger partial charge in [0, 0.05) is 5.56 Å². The fraction of sp³-hybridized carbons (Fsp3) is 0.333. The number of phenols is 1. The Hall–Kier alpha value is -0.800. The second kappa shape index (κ2) is 4.44. The molecule has 0 fully saturated rings. The minimum Gasteiger partial charge on any atom is -0.506 e. The molecular weight excluding hydrogens is 193 g/mol. The highest BCUT2D eigenvalue weighted by molar-refractivity contribution is 6.32. The van der Waals surface area contributed by atoms with Gasteiger partial charge in [-0.05, 0) is 31.5 Å². The molecule has 0 aliphatic carbocycles. The highest BCUT2D eigenvalue weighted by atomic mass is 35.5. The van der Waals surface area contributed by atoms with Gasteiger partial charge in [0.2, 0.25) is 0 Å². The number of hydrogen-bond donors (Lipinski definition) is 2. The Labute approximate surface area is 81.1 Å². The Morgan fingerprint density at radius 1 is 1.46 bits per heavy atom. The Morgan fingerprint density at radius 2 is 2.15 bits per heavy atom. The van der Waals surface area contributed by atoms with Crippen LogP contribution < -0.4 is 5.73 Å². The summed E-state index contributed by atoms with van der Waals surface area (Å²) in [4.78, 5) is 0. The maximum Gasteiger partial charge on any atom is 0.134 e. The summed E-state index contributed by atoms with van der Waals surface area (Å²) in [5, 5.41) is 9.29. The van der Waals surface area contributed by atoms with Gasteiger partial charge in [0.25, 0.3) is 0 Å². The van der Waals surface area contributed by atoms with E-state index in [1.54, 1.807) is 0 Å². The van der Waals surface area contributed by atoms with E-state index in [0.717, 1.165) is 0 Å². The van der Waals surface area contributed by atoms with Crippen LogP contribution in [0.15, 0.2) is 12.1 Å². The Balaban J connectivity index is 2.96. The van der Waals surface area contributed by atoms with Gasteiger partial charge in [-0.2, -0.15) is 0 Å². The summed E-state index contributed by atoms with van der Waals surface area (Å²) in [5.41, 5.74) is 5.63. The first-order valence-electron chi connectivity index (χ1n) is 4.02. The molecule has 0 radical (unpaired) electrons. The van der Waals surface area contributed by atoms with Gasteiger partial charge in [-0.25, -0.2) is 4.39 Å². The van der Waals surface area contributed by atoms with Crippen molar-refractivity contribution in [3.05, 3.63) is 28.5 Å². The molecular formula is C9H11ClFNO. The summed E-state index contributed by atoms with van der Waals surface area (Å²) >= 11 is 5.70. The van der Waals surface area contributed by atoms with Gasteiger partial charge in [0.15, 0.2) is 0 Å². The lowest BCUT2D eigenvalue weighted by atomic mass is 10.1. The van der Waals surface area contributed by atoms with Crippen LogP contribution in [-0.2, 0) is 6.42 Å². The molecule has 0 saturated carbocycles. The highest BCUT2D eigenvalue weighted by Gasteiger charge is 2.10.